The fourth-order valence-corrected chi connectivity index (χ4v) is 4.09. The van der Waals surface area contributed by atoms with E-state index in [0.29, 0.717) is 6.54 Å². The summed E-state index contributed by atoms with van der Waals surface area (Å²) in [6.45, 7) is 7.80. The van der Waals surface area contributed by atoms with Gasteiger partial charge in [-0.3, -0.25) is 4.99 Å². The van der Waals surface area contributed by atoms with E-state index in [4.69, 9.17) is 0 Å². The standard InChI is InChI=1S/C24H33N7/c1-18-6-7-21-19(16-28-22(21)15-18)8-10-27-24(25-2)29-17-20-5-4-9-26-23(20)31-13-11-30(3)12-14-31/h4-7,9,15-16,28H,8,10-14,17H2,1-3H3,(H2,25,27,29). The Bertz CT molecular complexity index is 1030. The molecule has 3 N–H and O–H groups in total. The van der Waals surface area contributed by atoms with Gasteiger partial charge < -0.3 is 25.4 Å². The topological polar surface area (TPSA) is 71.6 Å². The monoisotopic (exact) mass is 419 g/mol. The molecule has 1 aliphatic heterocycles. The third kappa shape index (κ3) is 5.17. The number of nitrogens with one attached hydrogen (secondary N) is 3. The van der Waals surface area contributed by atoms with E-state index in [-0.39, 0.29) is 0 Å². The number of piperazine rings is 1. The molecule has 0 bridgehead atoms. The second-order valence-corrected chi connectivity index (χ2v) is 8.24. The molecule has 2 aromatic heterocycles. The number of aromatic amines is 1. The highest BCUT2D eigenvalue weighted by Crippen LogP contribution is 2.20. The lowest BCUT2D eigenvalue weighted by Crippen LogP contribution is -2.45. The smallest absolute Gasteiger partial charge is 0.191 e. The van der Waals surface area contributed by atoms with E-state index in [2.05, 4.69) is 79.8 Å². The molecule has 3 aromatic rings. The fourth-order valence-electron chi connectivity index (χ4n) is 4.09. The maximum absolute atomic E-state index is 4.67. The lowest BCUT2D eigenvalue weighted by molar-refractivity contribution is 0.312. The maximum Gasteiger partial charge on any atom is 0.191 e. The molecule has 3 heterocycles. The number of nitrogens with zero attached hydrogens (tertiary/aromatic N) is 4. The van der Waals surface area contributed by atoms with Gasteiger partial charge >= 0.3 is 0 Å². The van der Waals surface area contributed by atoms with Crippen molar-refractivity contribution in [1.82, 2.24) is 25.5 Å². The van der Waals surface area contributed by atoms with Crippen molar-refractivity contribution in [3.63, 3.8) is 0 Å². The zero-order chi connectivity index (χ0) is 21.6. The van der Waals surface area contributed by atoms with Crippen LogP contribution < -0.4 is 15.5 Å². The zero-order valence-electron chi connectivity index (χ0n) is 18.8. The molecule has 4 rings (SSSR count). The van der Waals surface area contributed by atoms with Crippen molar-refractivity contribution in [1.29, 1.82) is 0 Å². The van der Waals surface area contributed by atoms with Gasteiger partial charge in [-0.05, 0) is 43.7 Å². The first-order valence-corrected chi connectivity index (χ1v) is 11.0. The second kappa shape index (κ2) is 9.83. The molecule has 1 fully saturated rings. The minimum absolute atomic E-state index is 0.696. The number of benzene rings is 1. The first-order valence-electron chi connectivity index (χ1n) is 11.0. The highest BCUT2D eigenvalue weighted by atomic mass is 15.3. The van der Waals surface area contributed by atoms with Crippen molar-refractivity contribution in [3.8, 4) is 0 Å². The first-order chi connectivity index (χ1) is 15.1. The predicted octanol–water partition coefficient (Wildman–Crippen LogP) is 2.53. The molecule has 0 atom stereocenters. The third-order valence-electron chi connectivity index (χ3n) is 5.95. The molecule has 164 valence electrons. The van der Waals surface area contributed by atoms with Crippen LogP contribution in [0.1, 0.15) is 16.7 Å². The molecular formula is C24H33N7. The van der Waals surface area contributed by atoms with Gasteiger partial charge in [0.1, 0.15) is 5.82 Å². The number of hydrogen-bond donors (Lipinski definition) is 3. The van der Waals surface area contributed by atoms with Crippen molar-refractivity contribution >= 4 is 22.7 Å². The summed E-state index contributed by atoms with van der Waals surface area (Å²) in [5.41, 5.74) is 4.99. The Morgan fingerprint density at radius 1 is 1.13 bits per heavy atom. The summed E-state index contributed by atoms with van der Waals surface area (Å²) in [6, 6.07) is 10.7. The molecule has 31 heavy (non-hydrogen) atoms. The van der Waals surface area contributed by atoms with Crippen LogP contribution in [0.5, 0.6) is 0 Å². The molecule has 1 aromatic carbocycles. The molecule has 7 nitrogen and oxygen atoms in total. The molecule has 0 radical (unpaired) electrons. The number of anilines is 1. The van der Waals surface area contributed by atoms with Gasteiger partial charge in [0.15, 0.2) is 5.96 Å². The average molecular weight is 420 g/mol. The lowest BCUT2D eigenvalue weighted by atomic mass is 10.1. The number of pyridine rings is 1. The number of guanidine groups is 1. The van der Waals surface area contributed by atoms with E-state index >= 15 is 0 Å². The number of H-pyrrole nitrogens is 1. The Labute approximate surface area is 184 Å². The van der Waals surface area contributed by atoms with E-state index in [0.717, 1.165) is 50.9 Å². The minimum atomic E-state index is 0.696. The summed E-state index contributed by atoms with van der Waals surface area (Å²) >= 11 is 0. The summed E-state index contributed by atoms with van der Waals surface area (Å²) < 4.78 is 0. The summed E-state index contributed by atoms with van der Waals surface area (Å²) in [5.74, 6) is 1.89. The Balaban J connectivity index is 1.32. The second-order valence-electron chi connectivity index (χ2n) is 8.24. The van der Waals surface area contributed by atoms with Crippen molar-refractivity contribution in [3.05, 3.63) is 59.4 Å². The van der Waals surface area contributed by atoms with Gasteiger partial charge in [0.05, 0.1) is 0 Å². The first kappa shape index (κ1) is 21.2. The van der Waals surface area contributed by atoms with Crippen LogP contribution in [0.2, 0.25) is 0 Å². The van der Waals surface area contributed by atoms with E-state index in [1.54, 1.807) is 0 Å². The molecule has 0 amide bonds. The van der Waals surface area contributed by atoms with E-state index < -0.39 is 0 Å². The molecule has 7 heteroatoms. The Morgan fingerprint density at radius 2 is 1.97 bits per heavy atom. The Kier molecular flexibility index (Phi) is 6.72. The highest BCUT2D eigenvalue weighted by Gasteiger charge is 2.18. The van der Waals surface area contributed by atoms with Gasteiger partial charge in [0, 0.05) is 75.2 Å². The SMILES string of the molecule is CN=C(NCCc1c[nH]c2cc(C)ccc12)NCc1cccnc1N1CCN(C)CC1. The van der Waals surface area contributed by atoms with Crippen LogP contribution in [0.3, 0.4) is 0 Å². The number of hydrogen-bond acceptors (Lipinski definition) is 4. The van der Waals surface area contributed by atoms with Crippen LogP contribution >= 0.6 is 0 Å². The number of rotatable bonds is 6. The van der Waals surface area contributed by atoms with Gasteiger partial charge in [0.2, 0.25) is 0 Å². The number of aromatic nitrogens is 2. The number of aliphatic imine (C=N–C) groups is 1. The van der Waals surface area contributed by atoms with Gasteiger partial charge in [0.25, 0.3) is 0 Å². The van der Waals surface area contributed by atoms with E-state index in [1.807, 2.05) is 19.3 Å². The van der Waals surface area contributed by atoms with E-state index in [1.165, 1.54) is 27.6 Å². The molecule has 1 aliphatic rings. The quantitative estimate of drug-likeness (QED) is 0.423. The van der Waals surface area contributed by atoms with Gasteiger partial charge in [-0.2, -0.15) is 0 Å². The number of fused-ring (bicyclic) bond motifs is 1. The predicted molar refractivity (Wildman–Crippen MR) is 129 cm³/mol. The molecule has 0 spiro atoms. The molecule has 1 saturated heterocycles. The van der Waals surface area contributed by atoms with Gasteiger partial charge in [-0.25, -0.2) is 4.98 Å². The van der Waals surface area contributed by atoms with E-state index in [9.17, 15) is 0 Å². The molecule has 0 aliphatic carbocycles. The van der Waals surface area contributed by atoms with Crippen LogP contribution in [0, 0.1) is 6.92 Å². The van der Waals surface area contributed by atoms with Crippen LogP contribution in [-0.2, 0) is 13.0 Å². The van der Waals surface area contributed by atoms with Crippen LogP contribution in [0.15, 0.2) is 47.7 Å². The summed E-state index contributed by atoms with van der Waals surface area (Å²) in [7, 11) is 3.99. The number of likely N-dealkylation sites (N-methyl/N-ethyl adjacent to an activating group) is 1. The van der Waals surface area contributed by atoms with Gasteiger partial charge in [-0.15, -0.1) is 0 Å². The molecule has 0 saturated carbocycles. The summed E-state index contributed by atoms with van der Waals surface area (Å²) in [5, 5.41) is 8.19. The Morgan fingerprint density at radius 3 is 2.77 bits per heavy atom. The van der Waals surface area contributed by atoms with Crippen molar-refractivity contribution < 1.29 is 0 Å². The van der Waals surface area contributed by atoms with Crippen molar-refractivity contribution in [2.24, 2.45) is 4.99 Å². The van der Waals surface area contributed by atoms with Crippen LogP contribution in [0.4, 0.5) is 5.82 Å². The lowest BCUT2D eigenvalue weighted by Gasteiger charge is -2.34. The molecular weight excluding hydrogens is 386 g/mol. The maximum atomic E-state index is 4.67. The summed E-state index contributed by atoms with van der Waals surface area (Å²) in [4.78, 5) is 17.2. The normalized spacial score (nSPS) is 15.5. The Hall–Kier alpha value is -3.06. The van der Waals surface area contributed by atoms with Crippen molar-refractivity contribution in [2.75, 3.05) is 51.7 Å². The number of aryl methyl sites for hydroxylation is 1. The summed E-state index contributed by atoms with van der Waals surface area (Å²) in [6.07, 6.45) is 4.93. The zero-order valence-corrected chi connectivity index (χ0v) is 18.8. The fraction of sp³-hybridized carbons (Fsp3) is 0.417. The average Bonchev–Trinajstić information content (AvgIpc) is 3.19. The van der Waals surface area contributed by atoms with Crippen LogP contribution in [-0.4, -0.2) is 67.6 Å². The third-order valence-corrected chi connectivity index (χ3v) is 5.95. The van der Waals surface area contributed by atoms with Crippen molar-refractivity contribution in [2.45, 2.75) is 19.9 Å². The minimum Gasteiger partial charge on any atom is -0.361 e. The van der Waals surface area contributed by atoms with Crippen LogP contribution in [0.25, 0.3) is 10.9 Å². The largest absolute Gasteiger partial charge is 0.361 e. The van der Waals surface area contributed by atoms with Gasteiger partial charge in [-0.1, -0.05) is 18.2 Å². The highest BCUT2D eigenvalue weighted by molar-refractivity contribution is 5.84. The molecule has 0 unspecified atom stereocenters.